The molecule has 0 aliphatic rings. The van der Waals surface area contributed by atoms with Gasteiger partial charge < -0.3 is 9.64 Å². The third kappa shape index (κ3) is 4.28. The van der Waals surface area contributed by atoms with Crippen LogP contribution in [0.15, 0.2) is 47.1 Å². The Bertz CT molecular complexity index is 1240. The highest BCUT2D eigenvalue weighted by Crippen LogP contribution is 2.32. The van der Waals surface area contributed by atoms with Crippen molar-refractivity contribution in [2.75, 3.05) is 27.7 Å². The van der Waals surface area contributed by atoms with E-state index < -0.39 is 0 Å². The minimum absolute atomic E-state index is 0.0973. The number of rotatable bonds is 5. The summed E-state index contributed by atoms with van der Waals surface area (Å²) in [6, 6.07) is 14.9. The molecule has 0 saturated carbocycles. The van der Waals surface area contributed by atoms with Gasteiger partial charge in [-0.3, -0.25) is 9.36 Å². The van der Waals surface area contributed by atoms with Crippen LogP contribution < -0.4 is 4.74 Å². The molecule has 0 atom stereocenters. The second-order valence-electron chi connectivity index (χ2n) is 6.94. The Morgan fingerprint density at radius 3 is 2.63 bits per heavy atom. The van der Waals surface area contributed by atoms with Crippen molar-refractivity contribution in [3.8, 4) is 17.9 Å². The van der Waals surface area contributed by atoms with Gasteiger partial charge in [0.2, 0.25) is 5.91 Å². The van der Waals surface area contributed by atoms with E-state index in [1.807, 2.05) is 32.3 Å². The van der Waals surface area contributed by atoms with Gasteiger partial charge in [0.15, 0.2) is 0 Å². The van der Waals surface area contributed by atoms with Crippen LogP contribution in [0, 0.1) is 22.7 Å². The lowest BCUT2D eigenvalue weighted by Gasteiger charge is -2.09. The van der Waals surface area contributed by atoms with Crippen LogP contribution in [0.3, 0.4) is 0 Å². The van der Waals surface area contributed by atoms with Gasteiger partial charge in [0.05, 0.1) is 42.4 Å². The average molecular weight is 463 g/mol. The molecule has 0 aliphatic heterocycles. The van der Waals surface area contributed by atoms with E-state index in [1.165, 1.54) is 7.11 Å². The number of nitriles is 2. The van der Waals surface area contributed by atoms with Gasteiger partial charge in [0.1, 0.15) is 5.75 Å². The first kappa shape index (κ1) is 21.3. The summed E-state index contributed by atoms with van der Waals surface area (Å²) >= 11 is 3.47. The summed E-state index contributed by atoms with van der Waals surface area (Å²) < 4.78 is 7.80. The molecule has 2 aromatic carbocycles. The highest BCUT2D eigenvalue weighted by molar-refractivity contribution is 9.10. The number of nitrogens with zero attached hydrogens (tertiary/aromatic N) is 4. The topological polar surface area (TPSA) is 82.0 Å². The molecular formula is C23H19BrN4O2. The molecule has 30 heavy (non-hydrogen) atoms. The van der Waals surface area contributed by atoms with Crippen LogP contribution in [0.5, 0.6) is 5.75 Å². The number of hydrogen-bond acceptors (Lipinski definition) is 5. The largest absolute Gasteiger partial charge is 0.496 e. The molecule has 0 radical (unpaired) electrons. The number of fused-ring (bicyclic) bond motifs is 1. The number of benzene rings is 2. The molecule has 0 saturated heterocycles. The fourth-order valence-electron chi connectivity index (χ4n) is 3.21. The van der Waals surface area contributed by atoms with E-state index in [2.05, 4.69) is 28.1 Å². The van der Waals surface area contributed by atoms with Crippen LogP contribution in [0.4, 0.5) is 0 Å². The Hall–Kier alpha value is -3.39. The van der Waals surface area contributed by atoms with Crippen molar-refractivity contribution in [3.63, 3.8) is 0 Å². The fraction of sp³-hybridized carbons (Fsp3) is 0.174. The number of hydrogen-bond donors (Lipinski definition) is 0. The molecular weight excluding hydrogens is 444 g/mol. The van der Waals surface area contributed by atoms with E-state index in [4.69, 9.17) is 4.74 Å². The van der Waals surface area contributed by atoms with Crippen LogP contribution in [0.2, 0.25) is 0 Å². The predicted octanol–water partition coefficient (Wildman–Crippen LogP) is 4.55. The first-order chi connectivity index (χ1) is 14.4. The van der Waals surface area contributed by atoms with Gasteiger partial charge in [-0.2, -0.15) is 10.5 Å². The molecule has 0 amide bonds. The number of halogens is 1. The molecule has 6 nitrogen and oxygen atoms in total. The molecule has 0 aliphatic carbocycles. The van der Waals surface area contributed by atoms with Gasteiger partial charge in [-0.25, -0.2) is 0 Å². The summed E-state index contributed by atoms with van der Waals surface area (Å²) in [4.78, 5) is 14.6. The number of likely N-dealkylation sites (N-methyl/N-ethyl adjacent to an activating group) is 1. The third-order valence-electron chi connectivity index (χ3n) is 4.56. The Morgan fingerprint density at radius 2 is 2.00 bits per heavy atom. The number of ether oxygens (including phenoxy) is 1. The monoisotopic (exact) mass is 462 g/mol. The molecule has 150 valence electrons. The summed E-state index contributed by atoms with van der Waals surface area (Å²) in [5.41, 5.74) is 2.79. The van der Waals surface area contributed by atoms with Crippen LogP contribution in [0.1, 0.15) is 21.5 Å². The van der Waals surface area contributed by atoms with Crippen molar-refractivity contribution < 1.29 is 9.53 Å². The van der Waals surface area contributed by atoms with Crippen molar-refractivity contribution in [1.82, 2.24) is 9.47 Å². The van der Waals surface area contributed by atoms with E-state index in [9.17, 15) is 15.3 Å². The van der Waals surface area contributed by atoms with Crippen LogP contribution >= 0.6 is 15.9 Å². The summed E-state index contributed by atoms with van der Waals surface area (Å²) in [5, 5.41) is 19.9. The Balaban J connectivity index is 2.23. The molecule has 3 rings (SSSR count). The number of allylic oxidation sites excluding steroid dienone is 1. The minimum Gasteiger partial charge on any atom is -0.496 e. The van der Waals surface area contributed by atoms with Crippen LogP contribution in [-0.2, 0) is 0 Å². The normalized spacial score (nSPS) is 11.4. The number of carbonyl (C=O) groups excluding carboxylic acids is 1. The Kier molecular flexibility index (Phi) is 6.37. The molecule has 1 heterocycles. The molecule has 0 bridgehead atoms. The van der Waals surface area contributed by atoms with Crippen molar-refractivity contribution >= 4 is 44.4 Å². The first-order valence-corrected chi connectivity index (χ1v) is 9.86. The first-order valence-electron chi connectivity index (χ1n) is 9.06. The second kappa shape index (κ2) is 8.96. The molecule has 3 aromatic rings. The lowest BCUT2D eigenvalue weighted by atomic mass is 10.0. The van der Waals surface area contributed by atoms with Gasteiger partial charge in [0, 0.05) is 27.2 Å². The van der Waals surface area contributed by atoms with Gasteiger partial charge in [-0.1, -0.05) is 15.9 Å². The third-order valence-corrected chi connectivity index (χ3v) is 5.05. The molecule has 0 unspecified atom stereocenters. The summed E-state index contributed by atoms with van der Waals surface area (Å²) in [7, 11) is 5.19. The standard InChI is InChI=1S/C23H19BrN4O2/c1-27(2)14-23(29)28-13-20(19-10-18(24)5-6-21(19)28)17(12-26)9-16-8-15(11-25)4-7-22(16)30-3/h4-10,13H,14H2,1-3H3/b17-9+. The van der Waals surface area contributed by atoms with Crippen molar-refractivity contribution in [3.05, 3.63) is 63.8 Å². The number of methoxy groups -OCH3 is 1. The maximum atomic E-state index is 12.8. The van der Waals surface area contributed by atoms with E-state index in [0.717, 1.165) is 15.4 Å². The second-order valence-corrected chi connectivity index (χ2v) is 7.86. The zero-order valence-corrected chi connectivity index (χ0v) is 18.4. The van der Waals surface area contributed by atoms with Crippen molar-refractivity contribution in [2.24, 2.45) is 0 Å². The highest BCUT2D eigenvalue weighted by Gasteiger charge is 2.18. The predicted molar refractivity (Wildman–Crippen MR) is 120 cm³/mol. The average Bonchev–Trinajstić information content (AvgIpc) is 3.09. The maximum Gasteiger partial charge on any atom is 0.245 e. The Morgan fingerprint density at radius 1 is 1.23 bits per heavy atom. The van der Waals surface area contributed by atoms with Gasteiger partial charge in [-0.05, 0) is 56.6 Å². The Labute approximate surface area is 183 Å². The minimum atomic E-state index is -0.0973. The van der Waals surface area contributed by atoms with Gasteiger partial charge >= 0.3 is 0 Å². The van der Waals surface area contributed by atoms with Crippen molar-refractivity contribution in [1.29, 1.82) is 10.5 Å². The van der Waals surface area contributed by atoms with Gasteiger partial charge in [0.25, 0.3) is 0 Å². The summed E-state index contributed by atoms with van der Waals surface area (Å²) in [5.74, 6) is 0.454. The maximum absolute atomic E-state index is 12.8. The van der Waals surface area contributed by atoms with E-state index in [-0.39, 0.29) is 12.5 Å². The molecule has 0 fully saturated rings. The summed E-state index contributed by atoms with van der Waals surface area (Å²) in [6.45, 7) is 0.239. The molecule has 1 aromatic heterocycles. The lowest BCUT2D eigenvalue weighted by molar-refractivity contribution is 0.0882. The summed E-state index contributed by atoms with van der Waals surface area (Å²) in [6.07, 6.45) is 3.37. The van der Waals surface area contributed by atoms with E-state index in [1.54, 1.807) is 39.9 Å². The van der Waals surface area contributed by atoms with E-state index in [0.29, 0.717) is 28.0 Å². The molecule has 7 heteroatoms. The lowest BCUT2D eigenvalue weighted by Crippen LogP contribution is -2.25. The fourth-order valence-corrected chi connectivity index (χ4v) is 3.57. The quantitative estimate of drug-likeness (QED) is 0.519. The van der Waals surface area contributed by atoms with E-state index >= 15 is 0 Å². The SMILES string of the molecule is COc1ccc(C#N)cc1/C=C(\C#N)c1cn(C(=O)CN(C)C)c2ccc(Br)cc12. The highest BCUT2D eigenvalue weighted by atomic mass is 79.9. The number of aromatic nitrogens is 1. The number of carbonyl (C=O) groups is 1. The van der Waals surface area contributed by atoms with Crippen molar-refractivity contribution in [2.45, 2.75) is 0 Å². The zero-order valence-electron chi connectivity index (χ0n) is 16.8. The van der Waals surface area contributed by atoms with Gasteiger partial charge in [-0.15, -0.1) is 0 Å². The molecule has 0 spiro atoms. The van der Waals surface area contributed by atoms with Crippen LogP contribution in [-0.4, -0.2) is 43.1 Å². The van der Waals surface area contributed by atoms with Crippen LogP contribution in [0.25, 0.3) is 22.6 Å². The molecule has 0 N–H and O–H groups in total. The smallest absolute Gasteiger partial charge is 0.245 e. The zero-order chi connectivity index (χ0) is 21.8.